The van der Waals surface area contributed by atoms with Gasteiger partial charge in [0.2, 0.25) is 0 Å². The number of amides is 1. The van der Waals surface area contributed by atoms with Gasteiger partial charge in [-0.1, -0.05) is 30.3 Å². The number of nitrogens with one attached hydrogen (secondary N) is 1. The summed E-state index contributed by atoms with van der Waals surface area (Å²) >= 11 is 0. The van der Waals surface area contributed by atoms with Crippen LogP contribution in [0.5, 0.6) is 0 Å². The minimum atomic E-state index is -0.297. The lowest BCUT2D eigenvalue weighted by atomic mass is 10.0. The largest absolute Gasteiger partial charge is 0.283 e. The number of aryl methyl sites for hydroxylation is 2. The molecule has 0 aromatic heterocycles. The molecule has 2 aliphatic rings. The molecule has 2 aromatic rings. The number of carbonyl (C=O) groups excluding carboxylic acids is 1. The summed E-state index contributed by atoms with van der Waals surface area (Å²) in [6.45, 7) is 4.60. The van der Waals surface area contributed by atoms with Crippen LogP contribution in [0.3, 0.4) is 0 Å². The Labute approximate surface area is 152 Å². The molecule has 134 valence electrons. The second kappa shape index (κ2) is 6.53. The molecular formula is C20H21FN4O. The lowest BCUT2D eigenvalue weighted by molar-refractivity contribution is -0.137. The minimum absolute atomic E-state index is 0.0251. The van der Waals surface area contributed by atoms with E-state index in [1.165, 1.54) is 28.3 Å². The Kier molecular flexibility index (Phi) is 4.20. The summed E-state index contributed by atoms with van der Waals surface area (Å²) < 4.78 is 13.1. The van der Waals surface area contributed by atoms with Crippen LogP contribution in [0.15, 0.2) is 47.6 Å². The van der Waals surface area contributed by atoms with Crippen LogP contribution in [0.2, 0.25) is 0 Å². The maximum absolute atomic E-state index is 13.1. The molecule has 0 radical (unpaired) electrons. The summed E-state index contributed by atoms with van der Waals surface area (Å²) in [5.41, 5.74) is 7.74. The minimum Gasteiger partial charge on any atom is -0.283 e. The molecule has 1 saturated heterocycles. The van der Waals surface area contributed by atoms with Gasteiger partial charge < -0.3 is 0 Å². The molecule has 1 amide bonds. The molecule has 4 rings (SSSR count). The molecule has 1 fully saturated rings. The average Bonchev–Trinajstić information content (AvgIpc) is 3.06. The fourth-order valence-corrected chi connectivity index (χ4v) is 3.44. The molecule has 26 heavy (non-hydrogen) atoms. The standard InChI is InChI=1S/C20H21FN4O/c1-13-3-4-15(9-14(13)2)11-24-20(26)19-10-18(23-25(19)12-22-24)16-5-7-17(21)8-6-16/h3-9,12,18-19,23H,10-11H2,1-2H3. The van der Waals surface area contributed by atoms with Crippen molar-refractivity contribution in [1.29, 1.82) is 0 Å². The van der Waals surface area contributed by atoms with Gasteiger partial charge in [-0.25, -0.2) is 14.8 Å². The zero-order valence-corrected chi connectivity index (χ0v) is 14.8. The van der Waals surface area contributed by atoms with Gasteiger partial charge >= 0.3 is 0 Å². The molecule has 2 aromatic carbocycles. The molecule has 0 aliphatic carbocycles. The zero-order valence-electron chi connectivity index (χ0n) is 14.8. The third-order valence-electron chi connectivity index (χ3n) is 5.13. The third-order valence-corrected chi connectivity index (χ3v) is 5.13. The Balaban J connectivity index is 1.48. The predicted molar refractivity (Wildman–Crippen MR) is 97.5 cm³/mol. The smallest absolute Gasteiger partial charge is 0.267 e. The molecule has 0 spiro atoms. The summed E-state index contributed by atoms with van der Waals surface area (Å²) in [6, 6.07) is 12.2. The zero-order chi connectivity index (χ0) is 18.3. The molecule has 1 N–H and O–H groups in total. The van der Waals surface area contributed by atoms with Crippen LogP contribution in [0.1, 0.15) is 34.7 Å². The molecule has 5 nitrogen and oxygen atoms in total. The first kappa shape index (κ1) is 16.7. The monoisotopic (exact) mass is 352 g/mol. The Morgan fingerprint density at radius 3 is 2.65 bits per heavy atom. The van der Waals surface area contributed by atoms with Gasteiger partial charge in [-0.15, -0.1) is 0 Å². The van der Waals surface area contributed by atoms with Crippen LogP contribution in [0, 0.1) is 19.7 Å². The van der Waals surface area contributed by atoms with Gasteiger partial charge in [-0.3, -0.25) is 9.80 Å². The van der Waals surface area contributed by atoms with E-state index in [-0.39, 0.29) is 23.8 Å². The maximum Gasteiger partial charge on any atom is 0.267 e. The first-order valence-corrected chi connectivity index (χ1v) is 8.73. The van der Waals surface area contributed by atoms with Crippen LogP contribution >= 0.6 is 0 Å². The Bertz CT molecular complexity index is 865. The highest BCUT2D eigenvalue weighted by atomic mass is 19.1. The highest BCUT2D eigenvalue weighted by Gasteiger charge is 2.40. The highest BCUT2D eigenvalue weighted by molar-refractivity contribution is 5.87. The fraction of sp³-hybridized carbons (Fsp3) is 0.300. The highest BCUT2D eigenvalue weighted by Crippen LogP contribution is 2.30. The second-order valence-electron chi connectivity index (χ2n) is 6.94. The molecular weight excluding hydrogens is 331 g/mol. The fourth-order valence-electron chi connectivity index (χ4n) is 3.44. The van der Waals surface area contributed by atoms with Crippen LogP contribution in [-0.2, 0) is 11.3 Å². The van der Waals surface area contributed by atoms with Crippen molar-refractivity contribution in [3.8, 4) is 0 Å². The topological polar surface area (TPSA) is 47.9 Å². The molecule has 6 heteroatoms. The molecule has 0 bridgehead atoms. The van der Waals surface area contributed by atoms with Crippen molar-refractivity contribution in [2.24, 2.45) is 5.10 Å². The van der Waals surface area contributed by atoms with E-state index < -0.39 is 0 Å². The van der Waals surface area contributed by atoms with Crippen molar-refractivity contribution in [2.75, 3.05) is 0 Å². The molecule has 2 heterocycles. The predicted octanol–water partition coefficient (Wildman–Crippen LogP) is 3.05. The van der Waals surface area contributed by atoms with Crippen molar-refractivity contribution in [3.63, 3.8) is 0 Å². The molecule has 2 aliphatic heterocycles. The molecule has 2 atom stereocenters. The SMILES string of the molecule is Cc1ccc(CN2N=CN3NC(c4ccc(F)cc4)CC3C2=O)cc1C. The third kappa shape index (κ3) is 3.08. The van der Waals surface area contributed by atoms with Gasteiger partial charge in [0, 0.05) is 0 Å². The number of rotatable bonds is 3. The number of hydrogen-bond donors (Lipinski definition) is 1. The van der Waals surface area contributed by atoms with Gasteiger partial charge in [0.15, 0.2) is 0 Å². The second-order valence-corrected chi connectivity index (χ2v) is 6.94. The molecule has 2 unspecified atom stereocenters. The van der Waals surface area contributed by atoms with Crippen LogP contribution in [0.4, 0.5) is 4.39 Å². The lowest BCUT2D eigenvalue weighted by Crippen LogP contribution is -2.50. The number of hydrogen-bond acceptors (Lipinski definition) is 4. The van der Waals surface area contributed by atoms with Crippen molar-refractivity contribution >= 4 is 12.2 Å². The number of halogens is 1. The van der Waals surface area contributed by atoms with E-state index in [2.05, 4.69) is 36.5 Å². The summed E-state index contributed by atoms with van der Waals surface area (Å²) in [6.07, 6.45) is 2.29. The van der Waals surface area contributed by atoms with Gasteiger partial charge in [-0.05, 0) is 54.7 Å². The first-order valence-electron chi connectivity index (χ1n) is 8.73. The summed E-state index contributed by atoms with van der Waals surface area (Å²) in [4.78, 5) is 12.9. The van der Waals surface area contributed by atoms with Crippen LogP contribution in [-0.4, -0.2) is 28.3 Å². The van der Waals surface area contributed by atoms with E-state index in [0.29, 0.717) is 13.0 Å². The van der Waals surface area contributed by atoms with E-state index in [0.717, 1.165) is 11.1 Å². The maximum atomic E-state index is 13.1. The summed E-state index contributed by atoms with van der Waals surface area (Å²) in [7, 11) is 0. The normalized spacial score (nSPS) is 22.0. The summed E-state index contributed by atoms with van der Waals surface area (Å²) in [5.74, 6) is -0.287. The lowest BCUT2D eigenvalue weighted by Gasteiger charge is -2.30. The van der Waals surface area contributed by atoms with Crippen LogP contribution in [0.25, 0.3) is 0 Å². The van der Waals surface area contributed by atoms with E-state index in [1.54, 1.807) is 23.5 Å². The van der Waals surface area contributed by atoms with Gasteiger partial charge in [-0.2, -0.15) is 5.10 Å². The van der Waals surface area contributed by atoms with Gasteiger partial charge in [0.25, 0.3) is 5.91 Å². The average molecular weight is 352 g/mol. The number of nitrogens with zero attached hydrogens (tertiary/aromatic N) is 3. The number of hydrazone groups is 1. The van der Waals surface area contributed by atoms with Crippen molar-refractivity contribution in [2.45, 2.75) is 38.9 Å². The van der Waals surface area contributed by atoms with E-state index >= 15 is 0 Å². The Hall–Kier alpha value is -2.73. The van der Waals surface area contributed by atoms with Crippen molar-refractivity contribution in [1.82, 2.24) is 15.4 Å². The summed E-state index contributed by atoms with van der Waals surface area (Å²) in [5, 5.41) is 7.59. The van der Waals surface area contributed by atoms with Crippen LogP contribution < -0.4 is 5.43 Å². The van der Waals surface area contributed by atoms with E-state index in [9.17, 15) is 9.18 Å². The van der Waals surface area contributed by atoms with E-state index in [4.69, 9.17) is 0 Å². The van der Waals surface area contributed by atoms with Gasteiger partial charge in [0.1, 0.15) is 18.2 Å². The molecule has 0 saturated carbocycles. The van der Waals surface area contributed by atoms with E-state index in [1.807, 2.05) is 6.07 Å². The van der Waals surface area contributed by atoms with Crippen molar-refractivity contribution < 1.29 is 9.18 Å². The first-order chi connectivity index (χ1) is 12.5. The number of benzene rings is 2. The Morgan fingerprint density at radius 2 is 1.92 bits per heavy atom. The number of carbonyl (C=O) groups is 1. The Morgan fingerprint density at radius 1 is 1.15 bits per heavy atom. The van der Waals surface area contributed by atoms with Gasteiger partial charge in [0.05, 0.1) is 12.6 Å². The van der Waals surface area contributed by atoms with Crippen molar-refractivity contribution in [3.05, 3.63) is 70.5 Å². The number of hydrazine groups is 1. The quantitative estimate of drug-likeness (QED) is 0.924. The number of fused-ring (bicyclic) bond motifs is 1.